The molecule has 2 nitrogen and oxygen atoms in total. The summed E-state index contributed by atoms with van der Waals surface area (Å²) in [5.41, 5.74) is 0. The molecule has 1 saturated heterocycles. The Labute approximate surface area is 60.4 Å². The monoisotopic (exact) mass is 147 g/mol. The molecule has 2 atom stereocenters. The molecule has 0 aliphatic carbocycles. The van der Waals surface area contributed by atoms with E-state index in [1.807, 2.05) is 0 Å². The zero-order valence-corrected chi connectivity index (χ0v) is 6.02. The number of nitrogens with one attached hydrogen (secondary N) is 1. The Balaban J connectivity index is 2.35. The fourth-order valence-corrected chi connectivity index (χ4v) is 1.27. The van der Waals surface area contributed by atoms with Gasteiger partial charge in [0.05, 0.1) is 0 Å². The first-order chi connectivity index (χ1) is 4.84. The van der Waals surface area contributed by atoms with E-state index in [0.29, 0.717) is 6.42 Å². The number of aliphatic hydroxyl groups is 1. The Kier molecular flexibility index (Phi) is 3.09. The quantitative estimate of drug-likeness (QED) is 0.559. The average molecular weight is 147 g/mol. The Hall–Kier alpha value is -0.150. The van der Waals surface area contributed by atoms with Crippen molar-refractivity contribution in [2.24, 2.45) is 5.92 Å². The Morgan fingerprint density at radius 1 is 1.40 bits per heavy atom. The van der Waals surface area contributed by atoms with Crippen molar-refractivity contribution in [1.82, 2.24) is 5.32 Å². The molecule has 0 radical (unpaired) electrons. The third-order valence-corrected chi connectivity index (χ3v) is 2.03. The summed E-state index contributed by atoms with van der Waals surface area (Å²) >= 11 is 0. The summed E-state index contributed by atoms with van der Waals surface area (Å²) in [5.74, 6) is -0.130. The van der Waals surface area contributed by atoms with Crippen molar-refractivity contribution in [2.75, 3.05) is 19.7 Å². The summed E-state index contributed by atoms with van der Waals surface area (Å²) in [7, 11) is 0. The Morgan fingerprint density at radius 2 is 2.10 bits per heavy atom. The lowest BCUT2D eigenvalue weighted by molar-refractivity contribution is 0.136. The number of rotatable bonds is 1. The number of aliphatic hydroxyl groups excluding tert-OH is 1. The Morgan fingerprint density at radius 3 is 2.80 bits per heavy atom. The number of alkyl halides is 1. The van der Waals surface area contributed by atoms with Gasteiger partial charge in [0.1, 0.15) is 6.17 Å². The highest BCUT2D eigenvalue weighted by Crippen LogP contribution is 2.16. The van der Waals surface area contributed by atoms with Gasteiger partial charge in [-0.2, -0.15) is 0 Å². The first-order valence-electron chi connectivity index (χ1n) is 3.80. The van der Waals surface area contributed by atoms with Crippen molar-refractivity contribution in [3.63, 3.8) is 0 Å². The second-order valence-corrected chi connectivity index (χ2v) is 2.79. The number of hydrogen-bond donors (Lipinski definition) is 2. The lowest BCUT2D eigenvalue weighted by Gasteiger charge is -2.13. The van der Waals surface area contributed by atoms with Gasteiger partial charge in [-0.15, -0.1) is 0 Å². The van der Waals surface area contributed by atoms with E-state index in [2.05, 4.69) is 5.32 Å². The summed E-state index contributed by atoms with van der Waals surface area (Å²) in [6.45, 7) is 1.58. The van der Waals surface area contributed by atoms with Crippen LogP contribution in [0, 0.1) is 5.92 Å². The summed E-state index contributed by atoms with van der Waals surface area (Å²) in [5, 5.41) is 11.8. The van der Waals surface area contributed by atoms with Crippen molar-refractivity contribution in [3.8, 4) is 0 Å². The van der Waals surface area contributed by atoms with E-state index in [-0.39, 0.29) is 12.5 Å². The van der Waals surface area contributed by atoms with Crippen molar-refractivity contribution < 1.29 is 9.50 Å². The highest BCUT2D eigenvalue weighted by molar-refractivity contribution is 4.74. The van der Waals surface area contributed by atoms with Gasteiger partial charge in [-0.1, -0.05) is 0 Å². The molecular formula is C7H14FNO. The van der Waals surface area contributed by atoms with E-state index in [1.165, 1.54) is 0 Å². The van der Waals surface area contributed by atoms with Crippen LogP contribution in [0.3, 0.4) is 0 Å². The van der Waals surface area contributed by atoms with Crippen LogP contribution in [-0.4, -0.2) is 31.0 Å². The minimum absolute atomic E-state index is 0.0111. The zero-order chi connectivity index (χ0) is 7.40. The van der Waals surface area contributed by atoms with Crippen LogP contribution in [0.5, 0.6) is 0 Å². The third-order valence-electron chi connectivity index (χ3n) is 2.03. The van der Waals surface area contributed by atoms with E-state index < -0.39 is 6.17 Å². The van der Waals surface area contributed by atoms with Gasteiger partial charge < -0.3 is 10.4 Å². The third kappa shape index (κ3) is 1.92. The topological polar surface area (TPSA) is 32.3 Å². The largest absolute Gasteiger partial charge is 0.396 e. The van der Waals surface area contributed by atoms with Crippen molar-refractivity contribution in [3.05, 3.63) is 0 Å². The van der Waals surface area contributed by atoms with Crippen molar-refractivity contribution >= 4 is 0 Å². The molecule has 1 aliphatic heterocycles. The van der Waals surface area contributed by atoms with E-state index in [9.17, 15) is 4.39 Å². The molecule has 0 aromatic rings. The lowest BCUT2D eigenvalue weighted by Crippen LogP contribution is -2.19. The van der Waals surface area contributed by atoms with Gasteiger partial charge >= 0.3 is 0 Å². The second-order valence-electron chi connectivity index (χ2n) is 2.79. The van der Waals surface area contributed by atoms with Gasteiger partial charge in [-0.05, 0) is 25.9 Å². The van der Waals surface area contributed by atoms with Gasteiger partial charge in [-0.3, -0.25) is 0 Å². The van der Waals surface area contributed by atoms with Crippen molar-refractivity contribution in [1.29, 1.82) is 0 Å². The lowest BCUT2D eigenvalue weighted by atomic mass is 10.0. The predicted octanol–water partition coefficient (Wildman–Crippen LogP) is 0.316. The smallest absolute Gasteiger partial charge is 0.106 e. The molecule has 1 rings (SSSR count). The molecule has 0 aromatic heterocycles. The van der Waals surface area contributed by atoms with Crippen LogP contribution >= 0.6 is 0 Å². The molecule has 1 heterocycles. The van der Waals surface area contributed by atoms with Crippen LogP contribution in [0.15, 0.2) is 0 Å². The summed E-state index contributed by atoms with van der Waals surface area (Å²) < 4.78 is 12.9. The standard InChI is InChI=1S/C7H14FNO/c8-7-2-4-9-3-1-6(7)5-10/h6-7,9-10H,1-5H2/t6-,7+/m0/s1. The molecule has 0 aromatic carbocycles. The molecular weight excluding hydrogens is 133 g/mol. The molecule has 3 heteroatoms. The highest BCUT2D eigenvalue weighted by Gasteiger charge is 2.21. The maximum Gasteiger partial charge on any atom is 0.106 e. The molecule has 0 unspecified atom stereocenters. The first kappa shape index (κ1) is 7.95. The van der Waals surface area contributed by atoms with E-state index in [1.54, 1.807) is 0 Å². The van der Waals surface area contributed by atoms with E-state index in [4.69, 9.17) is 5.11 Å². The molecule has 0 bridgehead atoms. The van der Waals surface area contributed by atoms with E-state index >= 15 is 0 Å². The minimum atomic E-state index is -0.806. The van der Waals surface area contributed by atoms with Gasteiger partial charge in [0.2, 0.25) is 0 Å². The normalized spacial score (nSPS) is 35.4. The second kappa shape index (κ2) is 3.88. The maximum absolute atomic E-state index is 12.9. The molecule has 0 amide bonds. The SMILES string of the molecule is OC[C@@H]1CCNCC[C@H]1F. The predicted molar refractivity (Wildman–Crippen MR) is 37.6 cm³/mol. The van der Waals surface area contributed by atoms with E-state index in [0.717, 1.165) is 19.5 Å². The average Bonchev–Trinajstić information content (AvgIpc) is 2.13. The van der Waals surface area contributed by atoms with Gasteiger partial charge in [0.15, 0.2) is 0 Å². The van der Waals surface area contributed by atoms with Crippen LogP contribution in [-0.2, 0) is 0 Å². The zero-order valence-electron chi connectivity index (χ0n) is 6.02. The molecule has 1 aliphatic rings. The highest BCUT2D eigenvalue weighted by atomic mass is 19.1. The summed E-state index contributed by atoms with van der Waals surface area (Å²) in [6.07, 6.45) is 0.503. The minimum Gasteiger partial charge on any atom is -0.396 e. The van der Waals surface area contributed by atoms with Crippen LogP contribution < -0.4 is 5.32 Å². The van der Waals surface area contributed by atoms with Crippen LogP contribution in [0.2, 0.25) is 0 Å². The fraction of sp³-hybridized carbons (Fsp3) is 1.00. The number of halogens is 1. The number of hydrogen-bond acceptors (Lipinski definition) is 2. The van der Waals surface area contributed by atoms with Crippen LogP contribution in [0.1, 0.15) is 12.8 Å². The molecule has 0 saturated carbocycles. The Bertz CT molecular complexity index is 99.6. The molecule has 60 valence electrons. The van der Waals surface area contributed by atoms with Crippen LogP contribution in [0.4, 0.5) is 4.39 Å². The maximum atomic E-state index is 12.9. The molecule has 2 N–H and O–H groups in total. The molecule has 1 fully saturated rings. The molecule has 10 heavy (non-hydrogen) atoms. The summed E-state index contributed by atoms with van der Waals surface area (Å²) in [4.78, 5) is 0. The van der Waals surface area contributed by atoms with Crippen molar-refractivity contribution in [2.45, 2.75) is 19.0 Å². The van der Waals surface area contributed by atoms with Gasteiger partial charge in [0.25, 0.3) is 0 Å². The fourth-order valence-electron chi connectivity index (χ4n) is 1.27. The van der Waals surface area contributed by atoms with Gasteiger partial charge in [-0.25, -0.2) is 4.39 Å². The van der Waals surface area contributed by atoms with Gasteiger partial charge in [0, 0.05) is 12.5 Å². The summed E-state index contributed by atoms with van der Waals surface area (Å²) in [6, 6.07) is 0. The molecule has 0 spiro atoms. The van der Waals surface area contributed by atoms with Crippen LogP contribution in [0.25, 0.3) is 0 Å². The first-order valence-corrected chi connectivity index (χ1v) is 3.80.